The second-order valence-corrected chi connectivity index (χ2v) is 9.14. The van der Waals surface area contributed by atoms with E-state index >= 15 is 0 Å². The van der Waals surface area contributed by atoms with Gasteiger partial charge in [-0.05, 0) is 44.1 Å². The summed E-state index contributed by atoms with van der Waals surface area (Å²) < 4.78 is 0. The number of piperidine rings is 1. The maximum atomic E-state index is 13.3. The van der Waals surface area contributed by atoms with Gasteiger partial charge in [0.2, 0.25) is 0 Å². The van der Waals surface area contributed by atoms with Crippen LogP contribution in [0.1, 0.15) is 62.6 Å². The predicted molar refractivity (Wildman–Crippen MR) is 111 cm³/mol. The van der Waals surface area contributed by atoms with E-state index in [4.69, 9.17) is 4.98 Å². The van der Waals surface area contributed by atoms with Crippen molar-refractivity contribution in [3.8, 4) is 11.4 Å². The van der Waals surface area contributed by atoms with Crippen molar-refractivity contribution in [1.82, 2.24) is 14.9 Å². The number of benzene rings is 1. The molecular formula is C24H29N3O2. The smallest absolute Gasteiger partial charge is 0.254 e. The van der Waals surface area contributed by atoms with E-state index in [-0.39, 0.29) is 11.3 Å². The van der Waals surface area contributed by atoms with Gasteiger partial charge in [0.25, 0.3) is 5.91 Å². The highest BCUT2D eigenvalue weighted by atomic mass is 16.3. The van der Waals surface area contributed by atoms with E-state index in [2.05, 4.69) is 4.98 Å². The summed E-state index contributed by atoms with van der Waals surface area (Å²) in [7, 11) is 0. The van der Waals surface area contributed by atoms with Crippen LogP contribution in [0, 0.1) is 0 Å². The molecule has 0 bridgehead atoms. The number of aryl methyl sites for hydroxylation is 1. The first kappa shape index (κ1) is 18.7. The van der Waals surface area contributed by atoms with Gasteiger partial charge in [0.05, 0.1) is 5.69 Å². The Labute approximate surface area is 172 Å². The van der Waals surface area contributed by atoms with E-state index in [0.29, 0.717) is 19.4 Å². The van der Waals surface area contributed by atoms with E-state index in [1.807, 2.05) is 41.4 Å². The Kier molecular flexibility index (Phi) is 4.66. The van der Waals surface area contributed by atoms with Crippen molar-refractivity contribution in [1.29, 1.82) is 0 Å². The molecule has 1 spiro atoms. The van der Waals surface area contributed by atoms with Crippen molar-refractivity contribution in [3.63, 3.8) is 0 Å². The van der Waals surface area contributed by atoms with E-state index in [0.717, 1.165) is 68.6 Å². The lowest BCUT2D eigenvalue weighted by molar-refractivity contribution is -0.157. The summed E-state index contributed by atoms with van der Waals surface area (Å²) in [6, 6.07) is 10.1. The highest BCUT2D eigenvalue weighted by molar-refractivity contribution is 5.85. The summed E-state index contributed by atoms with van der Waals surface area (Å²) in [4.78, 5) is 24.8. The van der Waals surface area contributed by atoms with Gasteiger partial charge in [0.15, 0.2) is 5.82 Å². The van der Waals surface area contributed by atoms with E-state index in [1.54, 1.807) is 0 Å². The van der Waals surface area contributed by atoms with Crippen molar-refractivity contribution >= 4 is 5.91 Å². The lowest BCUT2D eigenvalue weighted by atomic mass is 9.76. The Hall–Kier alpha value is -2.27. The van der Waals surface area contributed by atoms with Crippen LogP contribution in [0.15, 0.2) is 36.5 Å². The van der Waals surface area contributed by atoms with Gasteiger partial charge in [0.1, 0.15) is 5.60 Å². The van der Waals surface area contributed by atoms with Crippen molar-refractivity contribution in [2.45, 2.75) is 68.8 Å². The molecule has 1 saturated carbocycles. The van der Waals surface area contributed by atoms with E-state index in [9.17, 15) is 9.90 Å². The van der Waals surface area contributed by atoms with Gasteiger partial charge in [0, 0.05) is 30.3 Å². The van der Waals surface area contributed by atoms with Gasteiger partial charge in [-0.15, -0.1) is 0 Å². The van der Waals surface area contributed by atoms with Crippen molar-refractivity contribution in [2.24, 2.45) is 0 Å². The third-order valence-electron chi connectivity index (χ3n) is 7.21. The van der Waals surface area contributed by atoms with Gasteiger partial charge >= 0.3 is 0 Å². The van der Waals surface area contributed by atoms with E-state index < -0.39 is 5.60 Å². The largest absolute Gasteiger partial charge is 0.380 e. The molecule has 1 aromatic carbocycles. The first-order chi connectivity index (χ1) is 14.1. The normalized spacial score (nSPS) is 25.8. The van der Waals surface area contributed by atoms with E-state index in [1.165, 1.54) is 5.56 Å². The molecule has 152 valence electrons. The number of aromatic nitrogens is 2. The van der Waals surface area contributed by atoms with Crippen LogP contribution in [-0.4, -0.2) is 44.6 Å². The van der Waals surface area contributed by atoms with Crippen LogP contribution in [0.5, 0.6) is 0 Å². The summed E-state index contributed by atoms with van der Waals surface area (Å²) >= 11 is 0. The van der Waals surface area contributed by atoms with Crippen LogP contribution >= 0.6 is 0 Å². The molecule has 5 heteroatoms. The van der Waals surface area contributed by atoms with Crippen molar-refractivity contribution in [3.05, 3.63) is 47.8 Å². The minimum atomic E-state index is -1.15. The third kappa shape index (κ3) is 3.25. The number of rotatable bonds is 2. The van der Waals surface area contributed by atoms with Crippen LogP contribution in [0.4, 0.5) is 0 Å². The molecule has 5 nitrogen and oxygen atoms in total. The molecular weight excluding hydrogens is 362 g/mol. The maximum absolute atomic E-state index is 13.3. The molecule has 5 rings (SSSR count). The summed E-state index contributed by atoms with van der Waals surface area (Å²) in [5, 5.41) is 11.0. The molecule has 0 radical (unpaired) electrons. The molecule has 1 aliphatic heterocycles. The average Bonchev–Trinajstić information content (AvgIpc) is 3.11. The Morgan fingerprint density at radius 1 is 1.00 bits per heavy atom. The maximum Gasteiger partial charge on any atom is 0.254 e. The molecule has 1 amide bonds. The summed E-state index contributed by atoms with van der Waals surface area (Å²) in [5.41, 5.74) is 2.12. The number of carbonyl (C=O) groups is 1. The number of amides is 1. The quantitative estimate of drug-likeness (QED) is 0.849. The second kappa shape index (κ2) is 7.21. The highest BCUT2D eigenvalue weighted by Crippen LogP contribution is 2.45. The van der Waals surface area contributed by atoms with Gasteiger partial charge in [-0.2, -0.15) is 0 Å². The lowest BCUT2D eigenvalue weighted by Gasteiger charge is -2.44. The summed E-state index contributed by atoms with van der Waals surface area (Å²) in [6.45, 7) is 1.42. The Morgan fingerprint density at radius 3 is 2.59 bits per heavy atom. The number of carbonyl (C=O) groups excluding carboxylic acids is 1. The zero-order valence-corrected chi connectivity index (χ0v) is 16.9. The van der Waals surface area contributed by atoms with Gasteiger partial charge in [-0.3, -0.25) is 4.79 Å². The average molecular weight is 392 g/mol. The Bertz CT molecular complexity index is 904. The monoisotopic (exact) mass is 391 g/mol. The zero-order valence-electron chi connectivity index (χ0n) is 16.9. The fourth-order valence-electron chi connectivity index (χ4n) is 5.61. The number of hydrogen-bond acceptors (Lipinski definition) is 4. The lowest BCUT2D eigenvalue weighted by Crippen LogP contribution is -2.56. The first-order valence-corrected chi connectivity index (χ1v) is 11.0. The van der Waals surface area contributed by atoms with Gasteiger partial charge < -0.3 is 10.0 Å². The molecule has 3 aliphatic rings. The van der Waals surface area contributed by atoms with Crippen LogP contribution in [0.2, 0.25) is 0 Å². The molecule has 1 aromatic heterocycles. The Morgan fingerprint density at radius 2 is 1.79 bits per heavy atom. The molecule has 2 aliphatic carbocycles. The summed E-state index contributed by atoms with van der Waals surface area (Å²) in [6.07, 6.45) is 10.2. The zero-order chi connectivity index (χ0) is 19.9. The van der Waals surface area contributed by atoms with Crippen molar-refractivity contribution in [2.75, 3.05) is 13.1 Å². The van der Waals surface area contributed by atoms with Crippen LogP contribution in [0.3, 0.4) is 0 Å². The molecule has 2 aromatic rings. The van der Waals surface area contributed by atoms with Gasteiger partial charge in [-0.25, -0.2) is 9.97 Å². The highest BCUT2D eigenvalue weighted by Gasteiger charge is 2.48. The topological polar surface area (TPSA) is 66.3 Å². The minimum absolute atomic E-state index is 0.0536. The minimum Gasteiger partial charge on any atom is -0.380 e. The number of aliphatic hydroxyl groups is 1. The molecule has 1 N–H and O–H groups in total. The number of hydrogen-bond donors (Lipinski definition) is 1. The first-order valence-electron chi connectivity index (χ1n) is 11.0. The predicted octanol–water partition coefficient (Wildman–Crippen LogP) is 3.65. The number of fused-ring (bicyclic) bond motifs is 2. The molecule has 1 saturated heterocycles. The molecule has 1 atom stereocenters. The van der Waals surface area contributed by atoms with Crippen LogP contribution in [-0.2, 0) is 16.6 Å². The fourth-order valence-corrected chi connectivity index (χ4v) is 5.61. The van der Waals surface area contributed by atoms with Crippen molar-refractivity contribution < 1.29 is 9.90 Å². The number of nitrogens with zero attached hydrogens (tertiary/aromatic N) is 3. The third-order valence-corrected chi connectivity index (χ3v) is 7.21. The Balaban J connectivity index is 1.44. The second-order valence-electron chi connectivity index (χ2n) is 9.14. The SMILES string of the molecule is O=C(N1CCCC2(CCc3cnc(-c4ccccc4)nc32)C1)C1(O)CCCCC1. The summed E-state index contributed by atoms with van der Waals surface area (Å²) in [5.74, 6) is 0.710. The van der Waals surface area contributed by atoms with Gasteiger partial charge in [-0.1, -0.05) is 49.6 Å². The number of likely N-dealkylation sites (tertiary alicyclic amines) is 1. The molecule has 2 fully saturated rings. The van der Waals surface area contributed by atoms with Crippen LogP contribution < -0.4 is 0 Å². The van der Waals surface area contributed by atoms with Crippen LogP contribution in [0.25, 0.3) is 11.4 Å². The fraction of sp³-hybridized carbons (Fsp3) is 0.542. The standard InChI is InChI=1S/C24H29N3O2/c28-22(24(29)12-5-2-6-13-24)27-15-7-11-23(17-27)14-10-19-16-25-21(26-20(19)23)18-8-3-1-4-9-18/h1,3-4,8-9,16,29H,2,5-7,10-15,17H2. The molecule has 2 heterocycles. The molecule has 1 unspecified atom stereocenters. The molecule has 29 heavy (non-hydrogen) atoms.